The summed E-state index contributed by atoms with van der Waals surface area (Å²) in [6, 6.07) is 2.32. The van der Waals surface area contributed by atoms with Crippen molar-refractivity contribution in [2.45, 2.75) is 25.6 Å². The maximum atomic E-state index is 11.8. The molecule has 0 fully saturated rings. The number of carbonyl (C=O) groups is 1. The predicted octanol–water partition coefficient (Wildman–Crippen LogP) is -0.569. The average molecular weight is 209 g/mol. The van der Waals surface area contributed by atoms with Gasteiger partial charge >= 0.3 is 0 Å². The number of carbonyl (C=O) groups excluding carboxylic acids is 1. The van der Waals surface area contributed by atoms with Crippen LogP contribution in [0.3, 0.4) is 0 Å². The first kappa shape index (κ1) is 11.8. The molecule has 5 N–H and O–H groups in total. The van der Waals surface area contributed by atoms with Crippen molar-refractivity contribution in [3.05, 3.63) is 29.6 Å². The van der Waals surface area contributed by atoms with E-state index in [2.05, 4.69) is 4.98 Å². The maximum absolute atomic E-state index is 11.8. The molecule has 1 rings (SSSR count). The lowest BCUT2D eigenvalue weighted by molar-refractivity contribution is 0.0846. The van der Waals surface area contributed by atoms with E-state index in [4.69, 9.17) is 11.5 Å². The zero-order valence-electron chi connectivity index (χ0n) is 8.55. The van der Waals surface area contributed by atoms with Gasteiger partial charge in [0, 0.05) is 18.3 Å². The first-order chi connectivity index (χ1) is 7.07. The summed E-state index contributed by atoms with van der Waals surface area (Å²) in [5.74, 6) is -0.335. The van der Waals surface area contributed by atoms with Gasteiger partial charge in [0.05, 0.1) is 17.8 Å². The predicted molar refractivity (Wildman–Crippen MR) is 56.1 cm³/mol. The minimum Gasteiger partial charge on any atom is -0.391 e. The molecule has 0 aliphatic carbocycles. The summed E-state index contributed by atoms with van der Waals surface area (Å²) in [5.41, 5.74) is 11.9. The maximum Gasteiger partial charge on any atom is 0.184 e. The second-order valence-electron chi connectivity index (χ2n) is 3.33. The number of aliphatic hydroxyl groups is 1. The summed E-state index contributed by atoms with van der Waals surface area (Å²) >= 11 is 0. The zero-order valence-corrected chi connectivity index (χ0v) is 8.55. The second kappa shape index (κ2) is 4.97. The minimum atomic E-state index is -0.931. The van der Waals surface area contributed by atoms with Gasteiger partial charge in [-0.1, -0.05) is 0 Å². The Labute approximate surface area is 88.1 Å². The van der Waals surface area contributed by atoms with Gasteiger partial charge in [0.25, 0.3) is 0 Å². The monoisotopic (exact) mass is 209 g/mol. The molecule has 1 aromatic rings. The quantitative estimate of drug-likeness (QED) is 0.576. The van der Waals surface area contributed by atoms with Crippen molar-refractivity contribution in [1.29, 1.82) is 0 Å². The van der Waals surface area contributed by atoms with Crippen LogP contribution in [0.2, 0.25) is 0 Å². The molecule has 82 valence electrons. The highest BCUT2D eigenvalue weighted by atomic mass is 16.3. The Kier molecular flexibility index (Phi) is 3.90. The Bertz CT molecular complexity index is 352. The third-order valence-electron chi connectivity index (χ3n) is 2.17. The first-order valence-electron chi connectivity index (χ1n) is 4.69. The van der Waals surface area contributed by atoms with Gasteiger partial charge < -0.3 is 16.6 Å². The van der Waals surface area contributed by atoms with Crippen molar-refractivity contribution in [3.63, 3.8) is 0 Å². The van der Waals surface area contributed by atoms with E-state index in [0.29, 0.717) is 11.3 Å². The molecular formula is C10H15N3O2. The van der Waals surface area contributed by atoms with Crippen molar-refractivity contribution in [2.75, 3.05) is 0 Å². The lowest BCUT2D eigenvalue weighted by Crippen LogP contribution is -2.40. The Balaban J connectivity index is 3.00. The summed E-state index contributed by atoms with van der Waals surface area (Å²) in [6.45, 7) is 1.65. The highest BCUT2D eigenvalue weighted by Gasteiger charge is 2.22. The second-order valence-corrected chi connectivity index (χ2v) is 3.33. The van der Waals surface area contributed by atoms with E-state index in [1.165, 1.54) is 6.92 Å². The summed E-state index contributed by atoms with van der Waals surface area (Å²) in [7, 11) is 0. The Morgan fingerprint density at radius 2 is 2.33 bits per heavy atom. The molecule has 0 radical (unpaired) electrons. The Morgan fingerprint density at radius 1 is 1.67 bits per heavy atom. The van der Waals surface area contributed by atoms with Crippen LogP contribution in [-0.2, 0) is 6.54 Å². The van der Waals surface area contributed by atoms with Crippen LogP contribution < -0.4 is 11.5 Å². The van der Waals surface area contributed by atoms with Crippen molar-refractivity contribution < 1.29 is 9.90 Å². The fraction of sp³-hybridized carbons (Fsp3) is 0.400. The van der Waals surface area contributed by atoms with Crippen LogP contribution >= 0.6 is 0 Å². The van der Waals surface area contributed by atoms with Gasteiger partial charge in [-0.05, 0) is 19.1 Å². The van der Waals surface area contributed by atoms with Crippen molar-refractivity contribution in [2.24, 2.45) is 11.5 Å². The smallest absolute Gasteiger partial charge is 0.184 e. The van der Waals surface area contributed by atoms with E-state index in [-0.39, 0.29) is 12.3 Å². The number of pyridine rings is 1. The highest BCUT2D eigenvalue weighted by molar-refractivity contribution is 6.01. The number of ketones is 1. The van der Waals surface area contributed by atoms with E-state index in [1.807, 2.05) is 0 Å². The first-order valence-corrected chi connectivity index (χ1v) is 4.69. The van der Waals surface area contributed by atoms with Crippen molar-refractivity contribution >= 4 is 5.78 Å². The Hall–Kier alpha value is -1.30. The van der Waals surface area contributed by atoms with E-state index in [1.54, 1.807) is 18.3 Å². The number of aromatic nitrogens is 1. The van der Waals surface area contributed by atoms with Gasteiger partial charge in [-0.2, -0.15) is 0 Å². The Morgan fingerprint density at radius 3 is 2.87 bits per heavy atom. The number of aliphatic hydroxyl groups excluding tert-OH is 1. The summed E-state index contributed by atoms with van der Waals surface area (Å²) in [4.78, 5) is 15.8. The largest absolute Gasteiger partial charge is 0.391 e. The number of Topliss-reactive ketones (excluding diaryl/α,β-unsaturated/α-hetero) is 1. The van der Waals surface area contributed by atoms with Crippen LogP contribution in [0.25, 0.3) is 0 Å². The molecule has 5 nitrogen and oxygen atoms in total. The lowest BCUT2D eigenvalue weighted by atomic mass is 10.00. The standard InChI is InChI=1S/C10H15N3O2/c1-6(14)9(12)10(15)7-3-2-4-13-8(7)5-11/h2-4,6,9,14H,5,11-12H2,1H3/t6-,9+/m1/s1. The number of hydrogen-bond donors (Lipinski definition) is 3. The van der Waals surface area contributed by atoms with Crippen molar-refractivity contribution in [3.8, 4) is 0 Å². The normalized spacial score (nSPS) is 14.7. The fourth-order valence-electron chi connectivity index (χ4n) is 1.22. The molecule has 0 saturated carbocycles. The number of nitrogens with zero attached hydrogens (tertiary/aromatic N) is 1. The van der Waals surface area contributed by atoms with E-state index >= 15 is 0 Å². The molecule has 1 heterocycles. The van der Waals surface area contributed by atoms with Crippen LogP contribution in [0.5, 0.6) is 0 Å². The molecule has 15 heavy (non-hydrogen) atoms. The topological polar surface area (TPSA) is 102 Å². The van der Waals surface area contributed by atoms with Gasteiger partial charge in [-0.25, -0.2) is 0 Å². The third kappa shape index (κ3) is 2.59. The van der Waals surface area contributed by atoms with E-state index in [9.17, 15) is 9.90 Å². The van der Waals surface area contributed by atoms with Gasteiger partial charge in [0.1, 0.15) is 0 Å². The molecule has 0 bridgehead atoms. The van der Waals surface area contributed by atoms with E-state index < -0.39 is 12.1 Å². The number of hydrogen-bond acceptors (Lipinski definition) is 5. The number of rotatable bonds is 4. The summed E-state index contributed by atoms with van der Waals surface area (Å²) < 4.78 is 0. The van der Waals surface area contributed by atoms with Crippen LogP contribution in [0, 0.1) is 0 Å². The molecule has 0 aliphatic heterocycles. The molecule has 2 atom stereocenters. The molecule has 0 saturated heterocycles. The third-order valence-corrected chi connectivity index (χ3v) is 2.17. The van der Waals surface area contributed by atoms with E-state index in [0.717, 1.165) is 0 Å². The van der Waals surface area contributed by atoms with Gasteiger partial charge in [0.2, 0.25) is 0 Å². The van der Waals surface area contributed by atoms with Crippen LogP contribution in [0.15, 0.2) is 18.3 Å². The highest BCUT2D eigenvalue weighted by Crippen LogP contribution is 2.08. The minimum absolute atomic E-state index is 0.175. The van der Waals surface area contributed by atoms with Crippen LogP contribution in [0.1, 0.15) is 23.0 Å². The molecule has 1 aromatic heterocycles. The van der Waals surface area contributed by atoms with Gasteiger partial charge in [-0.3, -0.25) is 9.78 Å². The average Bonchev–Trinajstić information content (AvgIpc) is 2.26. The lowest BCUT2D eigenvalue weighted by Gasteiger charge is -2.14. The zero-order chi connectivity index (χ0) is 11.4. The van der Waals surface area contributed by atoms with Crippen molar-refractivity contribution in [1.82, 2.24) is 4.98 Å². The van der Waals surface area contributed by atoms with Gasteiger partial charge in [0.15, 0.2) is 5.78 Å². The molecule has 0 aliphatic rings. The molecule has 5 heteroatoms. The fourth-order valence-corrected chi connectivity index (χ4v) is 1.22. The van der Waals surface area contributed by atoms with Gasteiger partial charge in [-0.15, -0.1) is 0 Å². The molecule has 0 spiro atoms. The van der Waals surface area contributed by atoms with Crippen LogP contribution in [-0.4, -0.2) is 28.0 Å². The SMILES string of the molecule is C[C@@H](O)[C@H](N)C(=O)c1cccnc1CN. The summed E-state index contributed by atoms with van der Waals surface area (Å²) in [5, 5.41) is 9.22. The molecule has 0 aromatic carbocycles. The molecular weight excluding hydrogens is 194 g/mol. The molecule has 0 amide bonds. The van der Waals surface area contributed by atoms with Crippen LogP contribution in [0.4, 0.5) is 0 Å². The summed E-state index contributed by atoms with van der Waals surface area (Å²) in [6.07, 6.45) is 0.677. The molecule has 0 unspecified atom stereocenters. The number of nitrogens with two attached hydrogens (primary N) is 2.